The van der Waals surface area contributed by atoms with E-state index in [0.717, 1.165) is 18.9 Å². The molecule has 1 N–H and O–H groups in total. The second kappa shape index (κ2) is 5.75. The van der Waals surface area contributed by atoms with Crippen LogP contribution in [0.1, 0.15) is 31.7 Å². The number of likely N-dealkylation sites (N-methyl/N-ethyl adjacent to an activating group) is 1. The van der Waals surface area contributed by atoms with Crippen LogP contribution in [-0.4, -0.2) is 12.6 Å². The standard InChI is InChI=1S/C18H23N/c1-2-19-17(12-14-10-11-14)13-16-8-5-7-15-6-3-4-9-18(15)16/h3-9,14,17,19H,2,10-13H2,1H3. The Kier molecular flexibility index (Phi) is 3.84. The first-order valence-electron chi connectivity index (χ1n) is 7.57. The number of nitrogens with one attached hydrogen (secondary N) is 1. The second-order valence-electron chi connectivity index (χ2n) is 5.78. The predicted molar refractivity (Wildman–Crippen MR) is 82.5 cm³/mol. The lowest BCUT2D eigenvalue weighted by Crippen LogP contribution is -2.31. The first-order valence-corrected chi connectivity index (χ1v) is 7.57. The van der Waals surface area contributed by atoms with Gasteiger partial charge in [-0.05, 0) is 41.6 Å². The van der Waals surface area contributed by atoms with Gasteiger partial charge in [0.15, 0.2) is 0 Å². The van der Waals surface area contributed by atoms with Gasteiger partial charge in [-0.15, -0.1) is 0 Å². The molecule has 1 heteroatoms. The molecule has 0 aliphatic heterocycles. The summed E-state index contributed by atoms with van der Waals surface area (Å²) in [7, 11) is 0. The van der Waals surface area contributed by atoms with Crippen molar-refractivity contribution in [3.63, 3.8) is 0 Å². The van der Waals surface area contributed by atoms with E-state index in [4.69, 9.17) is 0 Å². The Morgan fingerprint density at radius 3 is 2.68 bits per heavy atom. The average molecular weight is 253 g/mol. The number of hydrogen-bond acceptors (Lipinski definition) is 1. The van der Waals surface area contributed by atoms with E-state index in [-0.39, 0.29) is 0 Å². The molecule has 0 saturated heterocycles. The monoisotopic (exact) mass is 253 g/mol. The van der Waals surface area contributed by atoms with Crippen LogP contribution in [0.25, 0.3) is 10.8 Å². The third kappa shape index (κ3) is 3.16. The topological polar surface area (TPSA) is 12.0 Å². The molecule has 2 aromatic carbocycles. The van der Waals surface area contributed by atoms with Crippen LogP contribution in [0.2, 0.25) is 0 Å². The van der Waals surface area contributed by atoms with Crippen molar-refractivity contribution in [3.05, 3.63) is 48.0 Å². The van der Waals surface area contributed by atoms with Crippen LogP contribution in [0.15, 0.2) is 42.5 Å². The molecule has 1 nitrogen and oxygen atoms in total. The van der Waals surface area contributed by atoms with Gasteiger partial charge < -0.3 is 5.32 Å². The van der Waals surface area contributed by atoms with Crippen LogP contribution in [-0.2, 0) is 6.42 Å². The SMILES string of the molecule is CCNC(Cc1cccc2ccccc12)CC1CC1. The molecule has 1 fully saturated rings. The number of rotatable bonds is 6. The number of hydrogen-bond donors (Lipinski definition) is 1. The third-order valence-electron chi connectivity index (χ3n) is 4.15. The van der Waals surface area contributed by atoms with E-state index < -0.39 is 0 Å². The highest BCUT2D eigenvalue weighted by atomic mass is 14.9. The van der Waals surface area contributed by atoms with Crippen LogP contribution in [0.3, 0.4) is 0 Å². The zero-order valence-corrected chi connectivity index (χ0v) is 11.7. The molecule has 1 unspecified atom stereocenters. The quantitative estimate of drug-likeness (QED) is 0.815. The van der Waals surface area contributed by atoms with Gasteiger partial charge in [0.05, 0.1) is 0 Å². The highest BCUT2D eigenvalue weighted by molar-refractivity contribution is 5.85. The summed E-state index contributed by atoms with van der Waals surface area (Å²) in [5, 5.41) is 6.45. The Morgan fingerprint density at radius 2 is 1.89 bits per heavy atom. The van der Waals surface area contributed by atoms with Gasteiger partial charge in [0, 0.05) is 6.04 Å². The maximum atomic E-state index is 3.67. The predicted octanol–water partition coefficient (Wildman–Crippen LogP) is 4.16. The molecule has 0 radical (unpaired) electrons. The molecule has 0 heterocycles. The Hall–Kier alpha value is -1.34. The maximum absolute atomic E-state index is 3.67. The first kappa shape index (κ1) is 12.7. The maximum Gasteiger partial charge on any atom is 0.0110 e. The van der Waals surface area contributed by atoms with Gasteiger partial charge in [0.25, 0.3) is 0 Å². The highest BCUT2D eigenvalue weighted by Crippen LogP contribution is 2.34. The zero-order valence-electron chi connectivity index (χ0n) is 11.7. The molecule has 3 rings (SSSR count). The highest BCUT2D eigenvalue weighted by Gasteiger charge is 2.25. The molecule has 1 aliphatic carbocycles. The van der Waals surface area contributed by atoms with Crippen molar-refractivity contribution in [2.75, 3.05) is 6.54 Å². The van der Waals surface area contributed by atoms with E-state index in [2.05, 4.69) is 54.7 Å². The van der Waals surface area contributed by atoms with Crippen molar-refractivity contribution < 1.29 is 0 Å². The first-order chi connectivity index (χ1) is 9.36. The number of benzene rings is 2. The minimum Gasteiger partial charge on any atom is -0.314 e. The molecule has 19 heavy (non-hydrogen) atoms. The largest absolute Gasteiger partial charge is 0.314 e. The Balaban J connectivity index is 1.81. The molecular formula is C18H23N. The van der Waals surface area contributed by atoms with Crippen LogP contribution in [0.5, 0.6) is 0 Å². The lowest BCUT2D eigenvalue weighted by Gasteiger charge is -2.18. The fourth-order valence-corrected chi connectivity index (χ4v) is 3.02. The fraction of sp³-hybridized carbons (Fsp3) is 0.444. The lowest BCUT2D eigenvalue weighted by atomic mass is 9.96. The molecule has 0 bridgehead atoms. The summed E-state index contributed by atoms with van der Waals surface area (Å²) >= 11 is 0. The summed E-state index contributed by atoms with van der Waals surface area (Å²) in [6.07, 6.45) is 5.39. The molecule has 1 saturated carbocycles. The minimum absolute atomic E-state index is 0.642. The van der Waals surface area contributed by atoms with Crippen LogP contribution < -0.4 is 5.32 Å². The molecule has 0 aromatic heterocycles. The van der Waals surface area contributed by atoms with E-state index in [9.17, 15) is 0 Å². The van der Waals surface area contributed by atoms with Crippen LogP contribution in [0.4, 0.5) is 0 Å². The Labute approximate surface area is 116 Å². The van der Waals surface area contributed by atoms with Crippen molar-refractivity contribution >= 4 is 10.8 Å². The summed E-state index contributed by atoms with van der Waals surface area (Å²) in [6.45, 7) is 3.28. The van der Waals surface area contributed by atoms with Crippen molar-refractivity contribution in [2.45, 2.75) is 38.6 Å². The molecule has 1 atom stereocenters. The smallest absolute Gasteiger partial charge is 0.0110 e. The van der Waals surface area contributed by atoms with Gasteiger partial charge in [-0.2, -0.15) is 0 Å². The Bertz CT molecular complexity index is 537. The van der Waals surface area contributed by atoms with Gasteiger partial charge in [0.2, 0.25) is 0 Å². The van der Waals surface area contributed by atoms with Crippen LogP contribution >= 0.6 is 0 Å². The van der Waals surface area contributed by atoms with Crippen LogP contribution in [0, 0.1) is 5.92 Å². The summed E-state index contributed by atoms with van der Waals surface area (Å²) < 4.78 is 0. The van der Waals surface area contributed by atoms with E-state index >= 15 is 0 Å². The molecule has 100 valence electrons. The van der Waals surface area contributed by atoms with E-state index in [1.165, 1.54) is 35.6 Å². The molecule has 0 spiro atoms. The summed E-state index contributed by atoms with van der Waals surface area (Å²) in [5.74, 6) is 0.985. The van der Waals surface area contributed by atoms with Crippen molar-refractivity contribution in [3.8, 4) is 0 Å². The number of fused-ring (bicyclic) bond motifs is 1. The van der Waals surface area contributed by atoms with E-state index in [1.807, 2.05) is 0 Å². The zero-order chi connectivity index (χ0) is 13.1. The average Bonchev–Trinajstić information content (AvgIpc) is 3.23. The summed E-state index contributed by atoms with van der Waals surface area (Å²) in [4.78, 5) is 0. The summed E-state index contributed by atoms with van der Waals surface area (Å²) in [6, 6.07) is 16.1. The second-order valence-corrected chi connectivity index (χ2v) is 5.78. The summed E-state index contributed by atoms with van der Waals surface area (Å²) in [5.41, 5.74) is 1.49. The lowest BCUT2D eigenvalue weighted by molar-refractivity contribution is 0.467. The van der Waals surface area contributed by atoms with Gasteiger partial charge >= 0.3 is 0 Å². The van der Waals surface area contributed by atoms with Gasteiger partial charge in [-0.1, -0.05) is 62.2 Å². The minimum atomic E-state index is 0.642. The molecule has 1 aliphatic rings. The molecular weight excluding hydrogens is 230 g/mol. The van der Waals surface area contributed by atoms with Crippen molar-refractivity contribution in [1.29, 1.82) is 0 Å². The molecule has 2 aromatic rings. The van der Waals surface area contributed by atoms with Gasteiger partial charge in [-0.25, -0.2) is 0 Å². The normalized spacial score (nSPS) is 16.7. The van der Waals surface area contributed by atoms with Gasteiger partial charge in [-0.3, -0.25) is 0 Å². The van der Waals surface area contributed by atoms with Crippen molar-refractivity contribution in [2.24, 2.45) is 5.92 Å². The molecule has 0 amide bonds. The van der Waals surface area contributed by atoms with E-state index in [0.29, 0.717) is 6.04 Å². The third-order valence-corrected chi connectivity index (χ3v) is 4.15. The fourth-order valence-electron chi connectivity index (χ4n) is 3.02. The van der Waals surface area contributed by atoms with Crippen molar-refractivity contribution in [1.82, 2.24) is 5.32 Å². The van der Waals surface area contributed by atoms with E-state index in [1.54, 1.807) is 0 Å². The van der Waals surface area contributed by atoms with Gasteiger partial charge in [0.1, 0.15) is 0 Å². The Morgan fingerprint density at radius 1 is 1.11 bits per heavy atom.